The molecule has 3 N–H and O–H groups in total. The van der Waals surface area contributed by atoms with Crippen LogP contribution in [0.15, 0.2) is 0 Å². The van der Waals surface area contributed by atoms with E-state index in [1.807, 2.05) is 0 Å². The van der Waals surface area contributed by atoms with Crippen molar-refractivity contribution in [2.24, 2.45) is 0 Å². The molecule has 0 bridgehead atoms. The molecule has 1 heterocycles. The van der Waals surface area contributed by atoms with Crippen molar-refractivity contribution in [1.82, 2.24) is 10.2 Å². The van der Waals surface area contributed by atoms with Gasteiger partial charge >= 0.3 is 0 Å². The Morgan fingerprint density at radius 1 is 1.33 bits per heavy atom. The monoisotopic (exact) mass is 106 g/mol. The van der Waals surface area contributed by atoms with Gasteiger partial charge in [-0.25, -0.2) is 0 Å². The molecule has 1 aliphatic rings. The molecule has 0 aliphatic carbocycles. The van der Waals surface area contributed by atoms with Crippen molar-refractivity contribution in [3.05, 3.63) is 0 Å². The Morgan fingerprint density at radius 2 is 1.83 bits per heavy atom. The van der Waals surface area contributed by atoms with Crippen molar-refractivity contribution in [2.45, 2.75) is 0 Å². The van der Waals surface area contributed by atoms with E-state index in [-0.39, 0.29) is 0 Å². The molecule has 1 aliphatic heterocycles. The van der Waals surface area contributed by atoms with Gasteiger partial charge in [0.25, 0.3) is 0 Å². The summed E-state index contributed by atoms with van der Waals surface area (Å²) in [5.74, 6) is 0. The van der Waals surface area contributed by atoms with Gasteiger partial charge in [-0.2, -0.15) is 0 Å². The number of hydrogen-bond acceptors (Lipinski definition) is 3. The van der Waals surface area contributed by atoms with Gasteiger partial charge < -0.3 is 4.89 Å². The number of nitrogens with one attached hydrogen (secondary N) is 2. The summed E-state index contributed by atoms with van der Waals surface area (Å²) in [7, 11) is -0.965. The molecule has 0 saturated carbocycles. The minimum absolute atomic E-state index is 0.905. The van der Waals surface area contributed by atoms with Crippen LogP contribution in [0.5, 0.6) is 0 Å². The quantitative estimate of drug-likeness (QED) is 0.361. The van der Waals surface area contributed by atoms with Crippen molar-refractivity contribution in [2.75, 3.05) is 13.1 Å². The van der Waals surface area contributed by atoms with Crippen molar-refractivity contribution >= 4 is 8.45 Å². The molecule has 0 aromatic carbocycles. The average Bonchev–Trinajstić information content (AvgIpc) is 1.86. The Kier molecular flexibility index (Phi) is 1.37. The summed E-state index contributed by atoms with van der Waals surface area (Å²) in [6.45, 7) is 1.81. The Labute approximate surface area is 37.7 Å². The predicted molar refractivity (Wildman–Crippen MR) is 25.1 cm³/mol. The second-order valence-electron chi connectivity index (χ2n) is 1.13. The van der Waals surface area contributed by atoms with E-state index in [1.54, 1.807) is 0 Å². The highest BCUT2D eigenvalue weighted by molar-refractivity contribution is 7.47. The zero-order valence-electron chi connectivity index (χ0n) is 3.31. The number of hydrogen-bond donors (Lipinski definition) is 3. The summed E-state index contributed by atoms with van der Waals surface area (Å²) >= 11 is 0. The molecule has 0 radical (unpaired) electrons. The third-order valence-electron chi connectivity index (χ3n) is 0.648. The highest BCUT2D eigenvalue weighted by Gasteiger charge is 2.06. The molecule has 1 saturated heterocycles. The molecular weight excluding hydrogens is 99.0 g/mol. The summed E-state index contributed by atoms with van der Waals surface area (Å²) < 4.78 is 0. The fraction of sp³-hybridized carbons (Fsp3) is 1.00. The van der Waals surface area contributed by atoms with E-state index in [0.717, 1.165) is 13.1 Å². The van der Waals surface area contributed by atoms with E-state index in [4.69, 9.17) is 4.89 Å². The lowest BCUT2D eigenvalue weighted by atomic mass is 10.7. The van der Waals surface area contributed by atoms with E-state index in [2.05, 4.69) is 10.2 Å². The molecule has 0 atom stereocenters. The van der Waals surface area contributed by atoms with E-state index in [0.29, 0.717) is 0 Å². The summed E-state index contributed by atoms with van der Waals surface area (Å²) in [4.78, 5) is 8.57. The molecule has 0 unspecified atom stereocenters. The summed E-state index contributed by atoms with van der Waals surface area (Å²) in [5.41, 5.74) is 0. The van der Waals surface area contributed by atoms with Gasteiger partial charge in [-0.05, 0) is 0 Å². The largest absolute Gasteiger partial charge is 0.347 e. The smallest absolute Gasteiger partial charge is 0.179 e. The normalized spacial score (nSPS) is 25.5. The zero-order chi connectivity index (χ0) is 4.41. The minimum Gasteiger partial charge on any atom is -0.347 e. The molecule has 3 nitrogen and oxygen atoms in total. The van der Waals surface area contributed by atoms with Crippen LogP contribution in [0, 0.1) is 0 Å². The summed E-state index contributed by atoms with van der Waals surface area (Å²) in [6, 6.07) is 0. The van der Waals surface area contributed by atoms with Gasteiger partial charge in [-0.3, -0.25) is 10.2 Å². The summed E-state index contributed by atoms with van der Waals surface area (Å²) in [6.07, 6.45) is 0. The molecule has 0 spiro atoms. The maximum atomic E-state index is 8.57. The molecule has 0 aromatic rings. The first-order valence-corrected chi connectivity index (χ1v) is 3.15. The van der Waals surface area contributed by atoms with Crippen molar-refractivity contribution < 1.29 is 4.89 Å². The first kappa shape index (κ1) is 4.47. The molecular formula is C2H7N2OP. The van der Waals surface area contributed by atoms with Crippen LogP contribution in [0.25, 0.3) is 0 Å². The van der Waals surface area contributed by atoms with Crippen LogP contribution in [0.3, 0.4) is 0 Å². The lowest BCUT2D eigenvalue weighted by molar-refractivity contribution is 0.612. The molecule has 0 amide bonds. The molecule has 0 aromatic heterocycles. The topological polar surface area (TPSA) is 44.3 Å². The van der Waals surface area contributed by atoms with Gasteiger partial charge in [-0.15, -0.1) is 0 Å². The first-order valence-electron chi connectivity index (χ1n) is 1.85. The third kappa shape index (κ3) is 0.884. The third-order valence-corrected chi connectivity index (χ3v) is 1.69. The first-order chi connectivity index (χ1) is 2.89. The van der Waals surface area contributed by atoms with Crippen LogP contribution < -0.4 is 10.2 Å². The van der Waals surface area contributed by atoms with Gasteiger partial charge in [0.2, 0.25) is 0 Å². The average molecular weight is 106 g/mol. The maximum absolute atomic E-state index is 8.57. The maximum Gasteiger partial charge on any atom is 0.179 e. The lowest BCUT2D eigenvalue weighted by Gasteiger charge is -1.94. The van der Waals surface area contributed by atoms with Gasteiger partial charge in [0.15, 0.2) is 8.45 Å². The van der Waals surface area contributed by atoms with E-state index < -0.39 is 8.45 Å². The SMILES string of the molecule is OP1NCCN1. The van der Waals surface area contributed by atoms with E-state index in [1.165, 1.54) is 0 Å². The van der Waals surface area contributed by atoms with Gasteiger partial charge in [0, 0.05) is 13.1 Å². The summed E-state index contributed by atoms with van der Waals surface area (Å²) in [5, 5.41) is 5.66. The Hall–Kier alpha value is 0.310. The zero-order valence-corrected chi connectivity index (χ0v) is 4.20. The highest BCUT2D eigenvalue weighted by Crippen LogP contribution is 2.19. The Morgan fingerprint density at radius 3 is 2.00 bits per heavy atom. The van der Waals surface area contributed by atoms with Crippen LogP contribution in [0.1, 0.15) is 0 Å². The molecule has 1 fully saturated rings. The van der Waals surface area contributed by atoms with Crippen LogP contribution in [-0.2, 0) is 0 Å². The Balaban J connectivity index is 2.18. The van der Waals surface area contributed by atoms with Gasteiger partial charge in [0.05, 0.1) is 0 Å². The van der Waals surface area contributed by atoms with Crippen LogP contribution in [-0.4, -0.2) is 18.0 Å². The fourth-order valence-electron chi connectivity index (χ4n) is 0.380. The van der Waals surface area contributed by atoms with Crippen molar-refractivity contribution in [1.29, 1.82) is 0 Å². The molecule has 4 heteroatoms. The van der Waals surface area contributed by atoms with Crippen molar-refractivity contribution in [3.8, 4) is 0 Å². The minimum atomic E-state index is -0.965. The molecule has 1 rings (SSSR count). The second kappa shape index (κ2) is 1.85. The standard InChI is InChI=1S/C2H7N2OP/c5-6-3-1-2-4-6/h3-5H,1-2H2. The van der Waals surface area contributed by atoms with Gasteiger partial charge in [-0.1, -0.05) is 0 Å². The van der Waals surface area contributed by atoms with Gasteiger partial charge in [0.1, 0.15) is 0 Å². The number of rotatable bonds is 0. The van der Waals surface area contributed by atoms with E-state index in [9.17, 15) is 0 Å². The van der Waals surface area contributed by atoms with Crippen LogP contribution in [0.2, 0.25) is 0 Å². The lowest BCUT2D eigenvalue weighted by Crippen LogP contribution is -1.99. The van der Waals surface area contributed by atoms with Crippen LogP contribution in [0.4, 0.5) is 0 Å². The highest BCUT2D eigenvalue weighted by atomic mass is 31.2. The van der Waals surface area contributed by atoms with Crippen LogP contribution >= 0.6 is 8.45 Å². The molecule has 36 valence electrons. The Bertz CT molecular complexity index is 44.8. The molecule has 6 heavy (non-hydrogen) atoms. The second-order valence-corrected chi connectivity index (χ2v) is 2.38. The fourth-order valence-corrected chi connectivity index (χ4v) is 1.14. The predicted octanol–water partition coefficient (Wildman–Crippen LogP) is -0.602. The van der Waals surface area contributed by atoms with E-state index >= 15 is 0 Å². The van der Waals surface area contributed by atoms with Crippen molar-refractivity contribution in [3.63, 3.8) is 0 Å².